The van der Waals surface area contributed by atoms with Gasteiger partial charge in [0.1, 0.15) is 0 Å². The van der Waals surface area contributed by atoms with Gasteiger partial charge in [0.2, 0.25) is 0 Å². The van der Waals surface area contributed by atoms with Gasteiger partial charge in [0.05, 0.1) is 38.8 Å². The first-order valence-corrected chi connectivity index (χ1v) is 5.56. The summed E-state index contributed by atoms with van der Waals surface area (Å²) in [7, 11) is 2.20. The highest BCUT2D eigenvalue weighted by atomic mass is 35.5. The average molecular weight is 257 g/mol. The van der Waals surface area contributed by atoms with Gasteiger partial charge in [0.15, 0.2) is 0 Å². The highest BCUT2D eigenvalue weighted by Gasteiger charge is 2.16. The third-order valence-corrected chi connectivity index (χ3v) is 3.10. The smallest absolute Gasteiger partial charge is 0.335 e. The summed E-state index contributed by atoms with van der Waals surface area (Å²) in [6, 6.07) is 7.12. The number of piperazine rings is 1. The lowest BCUT2D eigenvalue weighted by Crippen LogP contribution is -3.12. The molecule has 1 aliphatic heterocycles. The van der Waals surface area contributed by atoms with Crippen LogP contribution in [0.2, 0.25) is 0 Å². The molecule has 0 aliphatic carbocycles. The average Bonchev–Trinajstić information content (AvgIpc) is 2.30. The van der Waals surface area contributed by atoms with E-state index < -0.39 is 5.97 Å². The number of likely N-dealkylation sites (N-methyl/N-ethyl adjacent to an activating group) is 1. The predicted molar refractivity (Wildman–Crippen MR) is 62.2 cm³/mol. The van der Waals surface area contributed by atoms with Crippen molar-refractivity contribution in [3.63, 3.8) is 0 Å². The minimum absolute atomic E-state index is 0. The zero-order valence-electron chi connectivity index (χ0n) is 9.82. The maximum absolute atomic E-state index is 10.7. The van der Waals surface area contributed by atoms with Gasteiger partial charge in [-0.15, -0.1) is 0 Å². The van der Waals surface area contributed by atoms with Gasteiger partial charge in [-0.1, -0.05) is 0 Å². The number of aromatic carboxylic acids is 1. The Morgan fingerprint density at radius 1 is 1.24 bits per heavy atom. The highest BCUT2D eigenvalue weighted by Crippen LogP contribution is 2.15. The van der Waals surface area contributed by atoms with E-state index in [9.17, 15) is 4.79 Å². The number of anilines is 1. The number of rotatable bonds is 2. The first-order chi connectivity index (χ1) is 7.66. The Kier molecular flexibility index (Phi) is 4.78. The molecule has 1 saturated heterocycles. The van der Waals surface area contributed by atoms with E-state index in [2.05, 4.69) is 11.9 Å². The minimum Gasteiger partial charge on any atom is -1.00 e. The van der Waals surface area contributed by atoms with Crippen LogP contribution >= 0.6 is 0 Å². The normalized spacial score (nSPS) is 16.4. The van der Waals surface area contributed by atoms with E-state index in [0.29, 0.717) is 5.56 Å². The fourth-order valence-corrected chi connectivity index (χ4v) is 1.96. The molecule has 0 aromatic heterocycles. The summed E-state index contributed by atoms with van der Waals surface area (Å²) >= 11 is 0. The molecular formula is C12H17ClN2O2. The summed E-state index contributed by atoms with van der Waals surface area (Å²) in [5, 5.41) is 8.80. The molecule has 0 bridgehead atoms. The maximum Gasteiger partial charge on any atom is 0.335 e. The van der Waals surface area contributed by atoms with E-state index in [1.807, 2.05) is 12.1 Å². The van der Waals surface area contributed by atoms with Crippen molar-refractivity contribution >= 4 is 11.7 Å². The molecule has 17 heavy (non-hydrogen) atoms. The number of hydrogen-bond acceptors (Lipinski definition) is 2. The zero-order chi connectivity index (χ0) is 11.5. The van der Waals surface area contributed by atoms with Gasteiger partial charge < -0.3 is 27.3 Å². The van der Waals surface area contributed by atoms with Crippen molar-refractivity contribution in [3.8, 4) is 0 Å². The van der Waals surface area contributed by atoms with E-state index in [1.54, 1.807) is 17.0 Å². The predicted octanol–water partition coefficient (Wildman–Crippen LogP) is -3.28. The number of hydrogen-bond donors (Lipinski definition) is 2. The first-order valence-electron chi connectivity index (χ1n) is 5.56. The molecule has 1 fully saturated rings. The molecule has 0 atom stereocenters. The molecule has 1 aromatic carbocycles. The van der Waals surface area contributed by atoms with Gasteiger partial charge in [-0.25, -0.2) is 4.79 Å². The summed E-state index contributed by atoms with van der Waals surface area (Å²) in [6.45, 7) is 4.36. The molecule has 1 heterocycles. The van der Waals surface area contributed by atoms with Gasteiger partial charge >= 0.3 is 5.97 Å². The van der Waals surface area contributed by atoms with E-state index in [0.717, 1.165) is 31.9 Å². The summed E-state index contributed by atoms with van der Waals surface area (Å²) in [4.78, 5) is 14.6. The van der Waals surface area contributed by atoms with Crippen LogP contribution in [0.5, 0.6) is 0 Å². The van der Waals surface area contributed by atoms with Crippen LogP contribution in [0.15, 0.2) is 24.3 Å². The van der Waals surface area contributed by atoms with Crippen LogP contribution in [-0.2, 0) is 0 Å². The number of carboxylic acid groups (broad SMARTS) is 1. The molecule has 2 rings (SSSR count). The molecular weight excluding hydrogens is 240 g/mol. The second kappa shape index (κ2) is 5.89. The van der Waals surface area contributed by atoms with E-state index in [1.165, 1.54) is 0 Å². The van der Waals surface area contributed by atoms with E-state index in [4.69, 9.17) is 5.11 Å². The first kappa shape index (κ1) is 13.8. The second-order valence-corrected chi connectivity index (χ2v) is 4.30. The van der Waals surface area contributed by atoms with E-state index in [-0.39, 0.29) is 12.4 Å². The molecule has 0 amide bonds. The van der Waals surface area contributed by atoms with Crippen LogP contribution < -0.4 is 22.2 Å². The van der Waals surface area contributed by atoms with Crippen molar-refractivity contribution in [1.29, 1.82) is 0 Å². The Labute approximate surface area is 107 Å². The Morgan fingerprint density at radius 2 is 1.76 bits per heavy atom. The molecule has 0 unspecified atom stereocenters. The molecule has 1 aliphatic rings. The second-order valence-electron chi connectivity index (χ2n) is 4.30. The van der Waals surface area contributed by atoms with Gasteiger partial charge in [-0.3, -0.25) is 0 Å². The summed E-state index contributed by atoms with van der Waals surface area (Å²) in [5.74, 6) is -0.866. The molecule has 0 spiro atoms. The fraction of sp³-hybridized carbons (Fsp3) is 0.417. The van der Waals surface area contributed by atoms with Gasteiger partial charge in [0, 0.05) is 5.69 Å². The maximum atomic E-state index is 10.7. The van der Waals surface area contributed by atoms with Crippen LogP contribution in [0.25, 0.3) is 0 Å². The lowest BCUT2D eigenvalue weighted by atomic mass is 10.2. The van der Waals surface area contributed by atoms with Crippen LogP contribution in [0.4, 0.5) is 5.69 Å². The Bertz CT molecular complexity index is 373. The van der Waals surface area contributed by atoms with Crippen molar-refractivity contribution < 1.29 is 27.2 Å². The zero-order valence-corrected chi connectivity index (χ0v) is 10.6. The highest BCUT2D eigenvalue weighted by molar-refractivity contribution is 5.88. The van der Waals surface area contributed by atoms with Crippen molar-refractivity contribution in [2.75, 3.05) is 38.1 Å². The van der Waals surface area contributed by atoms with Crippen molar-refractivity contribution in [2.45, 2.75) is 0 Å². The fourth-order valence-electron chi connectivity index (χ4n) is 1.96. The SMILES string of the molecule is C[NH+]1CCN(c2ccc(C(=O)O)cc2)CC1.[Cl-]. The summed E-state index contributed by atoms with van der Waals surface area (Å²) in [5.41, 5.74) is 1.47. The molecule has 2 N–H and O–H groups in total. The van der Waals surface area contributed by atoms with Crippen LogP contribution in [-0.4, -0.2) is 44.3 Å². The third kappa shape index (κ3) is 3.35. The Hall–Kier alpha value is -1.26. The quantitative estimate of drug-likeness (QED) is 0.584. The van der Waals surface area contributed by atoms with Crippen molar-refractivity contribution in [3.05, 3.63) is 29.8 Å². The number of carboxylic acids is 1. The topological polar surface area (TPSA) is 45.0 Å². The van der Waals surface area contributed by atoms with Crippen molar-refractivity contribution in [1.82, 2.24) is 0 Å². The van der Waals surface area contributed by atoms with Crippen LogP contribution in [0.1, 0.15) is 10.4 Å². The largest absolute Gasteiger partial charge is 1.00 e. The number of halogens is 1. The molecule has 0 radical (unpaired) electrons. The molecule has 5 heteroatoms. The van der Waals surface area contributed by atoms with Crippen LogP contribution in [0.3, 0.4) is 0 Å². The lowest BCUT2D eigenvalue weighted by molar-refractivity contribution is -0.880. The van der Waals surface area contributed by atoms with Gasteiger partial charge in [-0.2, -0.15) is 0 Å². The number of nitrogens with zero attached hydrogens (tertiary/aromatic N) is 1. The summed E-state index contributed by atoms with van der Waals surface area (Å²) < 4.78 is 0. The van der Waals surface area contributed by atoms with Crippen LogP contribution in [0, 0.1) is 0 Å². The van der Waals surface area contributed by atoms with Gasteiger partial charge in [-0.05, 0) is 24.3 Å². The summed E-state index contributed by atoms with van der Waals surface area (Å²) in [6.07, 6.45) is 0. The van der Waals surface area contributed by atoms with E-state index >= 15 is 0 Å². The Morgan fingerprint density at radius 3 is 2.24 bits per heavy atom. The standard InChI is InChI=1S/C12H16N2O2.ClH/c1-13-6-8-14(9-7-13)11-4-2-10(3-5-11)12(15)16;/h2-5H,6-9H2,1H3,(H,15,16);1H. The van der Waals surface area contributed by atoms with Gasteiger partial charge in [0.25, 0.3) is 0 Å². The van der Waals surface area contributed by atoms with Crippen molar-refractivity contribution in [2.24, 2.45) is 0 Å². The monoisotopic (exact) mass is 256 g/mol. The Balaban J connectivity index is 0.00000144. The molecule has 0 saturated carbocycles. The lowest BCUT2D eigenvalue weighted by Gasteiger charge is -2.31. The third-order valence-electron chi connectivity index (χ3n) is 3.10. The molecule has 1 aromatic rings. The number of carbonyl (C=O) groups is 1. The number of benzene rings is 1. The molecule has 4 nitrogen and oxygen atoms in total. The number of quaternary nitrogens is 1. The minimum atomic E-state index is -0.866. The molecule has 94 valence electrons. The number of nitrogens with one attached hydrogen (secondary N) is 1.